The van der Waals surface area contributed by atoms with E-state index in [9.17, 15) is 0 Å². The summed E-state index contributed by atoms with van der Waals surface area (Å²) in [6.45, 7) is 0. The van der Waals surface area contributed by atoms with Gasteiger partial charge in [0.05, 0.1) is 47.0 Å². The lowest BCUT2D eigenvalue weighted by Crippen LogP contribution is -1.91. The summed E-state index contributed by atoms with van der Waals surface area (Å²) in [7, 11) is 1.62. The number of benzene rings is 3. The molecular weight excluding hydrogens is 336 g/mol. The van der Waals surface area contributed by atoms with Gasteiger partial charge < -0.3 is 9.72 Å². The van der Waals surface area contributed by atoms with Crippen molar-refractivity contribution in [3.63, 3.8) is 0 Å². The van der Waals surface area contributed by atoms with Crippen LogP contribution < -0.4 is 4.74 Å². The minimum Gasteiger partial charge on any atom is -0.496 e. The van der Waals surface area contributed by atoms with Gasteiger partial charge in [-0.1, -0.05) is 18.2 Å². The fraction of sp³-hybridized carbons (Fsp3) is 0.0455. The van der Waals surface area contributed by atoms with Crippen molar-refractivity contribution < 1.29 is 4.74 Å². The van der Waals surface area contributed by atoms with Crippen molar-refractivity contribution in [2.45, 2.75) is 0 Å². The monoisotopic (exact) mass is 350 g/mol. The molecule has 0 radical (unpaired) electrons. The molecule has 3 aromatic carbocycles. The van der Waals surface area contributed by atoms with Gasteiger partial charge in [0.15, 0.2) is 0 Å². The molecular formula is C22H14N4O. The standard InChI is InChI=1S/C22H14N4O/c1-27-21-9-7-17(16-5-2-14(12-23)3-6-16)11-18(21)22-25-19-8-4-15(13-24)10-20(19)26-22/h2-11H,1H3,(H,25,26). The van der Waals surface area contributed by atoms with Crippen LogP contribution in [0.1, 0.15) is 11.1 Å². The van der Waals surface area contributed by atoms with Crippen molar-refractivity contribution in [3.05, 3.63) is 71.8 Å². The van der Waals surface area contributed by atoms with E-state index < -0.39 is 0 Å². The van der Waals surface area contributed by atoms with Gasteiger partial charge >= 0.3 is 0 Å². The van der Waals surface area contributed by atoms with E-state index in [1.54, 1.807) is 31.4 Å². The zero-order valence-electron chi connectivity index (χ0n) is 14.5. The number of aromatic amines is 1. The Balaban J connectivity index is 1.83. The summed E-state index contributed by atoms with van der Waals surface area (Å²) in [5, 5.41) is 18.0. The van der Waals surface area contributed by atoms with Crippen LogP contribution in [0.3, 0.4) is 0 Å². The highest BCUT2D eigenvalue weighted by molar-refractivity contribution is 5.83. The number of nitriles is 2. The van der Waals surface area contributed by atoms with Crippen LogP contribution in [0.5, 0.6) is 5.75 Å². The fourth-order valence-electron chi connectivity index (χ4n) is 3.02. The number of H-pyrrole nitrogens is 1. The molecule has 0 unspecified atom stereocenters. The Morgan fingerprint density at radius 1 is 0.852 bits per heavy atom. The van der Waals surface area contributed by atoms with E-state index in [1.807, 2.05) is 36.4 Å². The molecule has 1 heterocycles. The number of aromatic nitrogens is 2. The van der Waals surface area contributed by atoms with E-state index in [1.165, 1.54) is 0 Å². The van der Waals surface area contributed by atoms with Crippen LogP contribution in [0.2, 0.25) is 0 Å². The molecule has 4 aromatic rings. The summed E-state index contributed by atoms with van der Waals surface area (Å²) in [6, 6.07) is 22.9. The van der Waals surface area contributed by atoms with E-state index in [0.717, 1.165) is 27.7 Å². The van der Waals surface area contributed by atoms with Gasteiger partial charge in [0.2, 0.25) is 0 Å². The molecule has 5 heteroatoms. The molecule has 0 saturated heterocycles. The number of nitrogens with zero attached hydrogens (tertiary/aromatic N) is 3. The number of hydrogen-bond donors (Lipinski definition) is 1. The van der Waals surface area contributed by atoms with E-state index in [4.69, 9.17) is 15.3 Å². The molecule has 0 saturated carbocycles. The molecule has 0 fully saturated rings. The summed E-state index contributed by atoms with van der Waals surface area (Å²) in [5.41, 5.74) is 5.61. The van der Waals surface area contributed by atoms with Gasteiger partial charge in [-0.15, -0.1) is 0 Å². The maximum Gasteiger partial charge on any atom is 0.142 e. The lowest BCUT2D eigenvalue weighted by atomic mass is 10.0. The Kier molecular flexibility index (Phi) is 4.04. The molecule has 0 atom stereocenters. The summed E-state index contributed by atoms with van der Waals surface area (Å²) in [6.07, 6.45) is 0. The lowest BCUT2D eigenvalue weighted by Gasteiger charge is -2.09. The zero-order chi connectivity index (χ0) is 18.8. The van der Waals surface area contributed by atoms with Gasteiger partial charge in [0.25, 0.3) is 0 Å². The SMILES string of the molecule is COc1ccc(-c2ccc(C#N)cc2)cc1-c1nc2ccc(C#N)cc2[nH]1. The summed E-state index contributed by atoms with van der Waals surface area (Å²) >= 11 is 0. The Hall–Kier alpha value is -4.09. The summed E-state index contributed by atoms with van der Waals surface area (Å²) in [4.78, 5) is 7.91. The Morgan fingerprint density at radius 3 is 2.26 bits per heavy atom. The molecule has 5 nitrogen and oxygen atoms in total. The predicted octanol–water partition coefficient (Wildman–Crippen LogP) is 4.65. The van der Waals surface area contributed by atoms with Gasteiger partial charge in [-0.25, -0.2) is 4.98 Å². The van der Waals surface area contributed by atoms with Crippen molar-refractivity contribution in [3.8, 4) is 40.4 Å². The molecule has 0 amide bonds. The molecule has 128 valence electrons. The van der Waals surface area contributed by atoms with Crippen molar-refractivity contribution in [2.75, 3.05) is 7.11 Å². The first-order valence-corrected chi connectivity index (χ1v) is 8.30. The van der Waals surface area contributed by atoms with Crippen molar-refractivity contribution in [1.82, 2.24) is 9.97 Å². The smallest absolute Gasteiger partial charge is 0.142 e. The largest absolute Gasteiger partial charge is 0.496 e. The van der Waals surface area contributed by atoms with Crippen molar-refractivity contribution in [2.24, 2.45) is 0 Å². The highest BCUT2D eigenvalue weighted by Crippen LogP contribution is 2.34. The number of hydrogen-bond acceptors (Lipinski definition) is 4. The van der Waals surface area contributed by atoms with E-state index in [2.05, 4.69) is 22.1 Å². The first-order chi connectivity index (χ1) is 13.2. The average molecular weight is 350 g/mol. The molecule has 0 spiro atoms. The fourth-order valence-corrected chi connectivity index (χ4v) is 3.02. The minimum atomic E-state index is 0.580. The highest BCUT2D eigenvalue weighted by atomic mass is 16.5. The van der Waals surface area contributed by atoms with Gasteiger partial charge in [-0.05, 0) is 53.6 Å². The van der Waals surface area contributed by atoms with E-state index >= 15 is 0 Å². The zero-order valence-corrected chi connectivity index (χ0v) is 14.5. The molecule has 1 N–H and O–H groups in total. The Labute approximate surface area is 156 Å². The second-order valence-corrected chi connectivity index (χ2v) is 6.03. The third kappa shape index (κ3) is 2.99. The van der Waals surface area contributed by atoms with E-state index in [0.29, 0.717) is 22.7 Å². The maximum atomic E-state index is 9.08. The number of nitrogens with one attached hydrogen (secondary N) is 1. The number of fused-ring (bicyclic) bond motifs is 1. The Morgan fingerprint density at radius 2 is 1.56 bits per heavy atom. The third-order valence-electron chi connectivity index (χ3n) is 4.41. The molecule has 1 aromatic heterocycles. The second-order valence-electron chi connectivity index (χ2n) is 6.03. The molecule has 27 heavy (non-hydrogen) atoms. The third-order valence-corrected chi connectivity index (χ3v) is 4.41. The van der Waals surface area contributed by atoms with Crippen LogP contribution in [0.15, 0.2) is 60.7 Å². The molecule has 4 rings (SSSR count). The summed E-state index contributed by atoms with van der Waals surface area (Å²) in [5.74, 6) is 1.37. The van der Waals surface area contributed by atoms with Crippen LogP contribution >= 0.6 is 0 Å². The predicted molar refractivity (Wildman–Crippen MR) is 103 cm³/mol. The molecule has 0 aliphatic heterocycles. The van der Waals surface area contributed by atoms with Crippen molar-refractivity contribution in [1.29, 1.82) is 10.5 Å². The van der Waals surface area contributed by atoms with Crippen LogP contribution in [0.25, 0.3) is 33.5 Å². The second kappa shape index (κ2) is 6.67. The number of ether oxygens (including phenoxy) is 1. The number of methoxy groups -OCH3 is 1. The molecule has 0 aliphatic rings. The normalized spacial score (nSPS) is 10.3. The van der Waals surface area contributed by atoms with Gasteiger partial charge in [0, 0.05) is 0 Å². The topological polar surface area (TPSA) is 85.5 Å². The quantitative estimate of drug-likeness (QED) is 0.583. The van der Waals surface area contributed by atoms with Crippen molar-refractivity contribution >= 4 is 11.0 Å². The van der Waals surface area contributed by atoms with E-state index in [-0.39, 0.29) is 0 Å². The van der Waals surface area contributed by atoms with Crippen LogP contribution in [0.4, 0.5) is 0 Å². The molecule has 0 aliphatic carbocycles. The molecule has 0 bridgehead atoms. The minimum absolute atomic E-state index is 0.580. The number of rotatable bonds is 3. The Bertz CT molecular complexity index is 1220. The number of imidazole rings is 1. The van der Waals surface area contributed by atoms with Crippen LogP contribution in [-0.4, -0.2) is 17.1 Å². The van der Waals surface area contributed by atoms with Gasteiger partial charge in [0.1, 0.15) is 11.6 Å². The van der Waals surface area contributed by atoms with Gasteiger partial charge in [-0.3, -0.25) is 0 Å². The van der Waals surface area contributed by atoms with Gasteiger partial charge in [-0.2, -0.15) is 10.5 Å². The lowest BCUT2D eigenvalue weighted by molar-refractivity contribution is 0.416. The van der Waals surface area contributed by atoms with Crippen LogP contribution in [-0.2, 0) is 0 Å². The first kappa shape index (κ1) is 16.4. The summed E-state index contributed by atoms with van der Waals surface area (Å²) < 4.78 is 5.51. The average Bonchev–Trinajstić information content (AvgIpc) is 3.16. The van der Waals surface area contributed by atoms with Crippen LogP contribution in [0, 0.1) is 22.7 Å². The highest BCUT2D eigenvalue weighted by Gasteiger charge is 2.13. The maximum absolute atomic E-state index is 9.08. The first-order valence-electron chi connectivity index (χ1n) is 8.30.